The lowest BCUT2D eigenvalue weighted by Gasteiger charge is -2.17. The van der Waals surface area contributed by atoms with Gasteiger partial charge in [0.05, 0.1) is 11.0 Å². The van der Waals surface area contributed by atoms with E-state index in [9.17, 15) is 0 Å². The van der Waals surface area contributed by atoms with Crippen molar-refractivity contribution in [3.05, 3.63) is 180 Å². The summed E-state index contributed by atoms with van der Waals surface area (Å²) in [5, 5.41) is 2.30. The molecule has 0 spiro atoms. The highest BCUT2D eigenvalue weighted by atomic mass is 15.0. The van der Waals surface area contributed by atoms with Gasteiger partial charge in [-0.3, -0.25) is 4.40 Å². The fourth-order valence-corrected chi connectivity index (χ4v) is 5.94. The maximum absolute atomic E-state index is 5.13. The molecule has 0 saturated carbocycles. The Kier molecular flexibility index (Phi) is 6.65. The Morgan fingerprint density at radius 2 is 0.867 bits per heavy atom. The number of aromatic nitrogens is 2. The highest BCUT2D eigenvalue weighted by molar-refractivity contribution is 6.20. The van der Waals surface area contributed by atoms with Crippen molar-refractivity contribution in [3.63, 3.8) is 0 Å². The van der Waals surface area contributed by atoms with Crippen LogP contribution in [0.2, 0.25) is 0 Å². The fourth-order valence-electron chi connectivity index (χ4n) is 5.94. The number of imidazole rings is 1. The first-order chi connectivity index (χ1) is 22.3. The van der Waals surface area contributed by atoms with E-state index in [4.69, 9.17) is 4.98 Å². The third-order valence-corrected chi connectivity index (χ3v) is 8.07. The summed E-state index contributed by atoms with van der Waals surface area (Å²) in [4.78, 5) is 5.13. The summed E-state index contributed by atoms with van der Waals surface area (Å²) < 4.78 is 2.21. The summed E-state index contributed by atoms with van der Waals surface area (Å²) in [6.07, 6.45) is 2.11. The summed E-state index contributed by atoms with van der Waals surface area (Å²) in [6.45, 7) is 0. The van der Waals surface area contributed by atoms with Gasteiger partial charge in [0.1, 0.15) is 5.65 Å². The molecule has 2 nitrogen and oxygen atoms in total. The van der Waals surface area contributed by atoms with Crippen molar-refractivity contribution in [2.75, 3.05) is 0 Å². The van der Waals surface area contributed by atoms with E-state index >= 15 is 0 Å². The summed E-state index contributed by atoms with van der Waals surface area (Å²) in [7, 11) is 0. The molecule has 0 unspecified atom stereocenters. The Morgan fingerprint density at radius 1 is 0.400 bits per heavy atom. The SMILES string of the molecule is C(#Cc1ccc(-c2c(-c3ccc(C#Cc4ccccc4)cc3)c3c(nc4ccccn43)c3ccccc23)cc1)c1ccccc1. The zero-order chi connectivity index (χ0) is 30.0. The normalized spacial score (nSPS) is 10.8. The first kappa shape index (κ1) is 26.3. The average Bonchev–Trinajstić information content (AvgIpc) is 3.51. The van der Waals surface area contributed by atoms with Crippen LogP contribution >= 0.6 is 0 Å². The van der Waals surface area contributed by atoms with Gasteiger partial charge in [-0.15, -0.1) is 0 Å². The largest absolute Gasteiger partial charge is 0.299 e. The molecule has 8 rings (SSSR count). The lowest BCUT2D eigenvalue weighted by Crippen LogP contribution is -1.94. The highest BCUT2D eigenvalue weighted by Gasteiger charge is 2.21. The molecule has 0 saturated heterocycles. The summed E-state index contributed by atoms with van der Waals surface area (Å²) in [5.41, 5.74) is 11.5. The molecule has 0 aliphatic carbocycles. The number of benzene rings is 6. The van der Waals surface area contributed by atoms with Gasteiger partial charge in [0.2, 0.25) is 0 Å². The van der Waals surface area contributed by atoms with Crippen LogP contribution in [0.5, 0.6) is 0 Å². The smallest absolute Gasteiger partial charge is 0.137 e. The third-order valence-electron chi connectivity index (χ3n) is 8.07. The second kappa shape index (κ2) is 11.4. The van der Waals surface area contributed by atoms with Gasteiger partial charge in [-0.25, -0.2) is 4.98 Å². The van der Waals surface area contributed by atoms with E-state index in [0.717, 1.165) is 61.0 Å². The maximum Gasteiger partial charge on any atom is 0.137 e. The molecule has 0 bridgehead atoms. The van der Waals surface area contributed by atoms with E-state index in [1.807, 2.05) is 66.7 Å². The van der Waals surface area contributed by atoms with Gasteiger partial charge in [-0.1, -0.05) is 115 Å². The van der Waals surface area contributed by atoms with Gasteiger partial charge in [0.25, 0.3) is 0 Å². The molecule has 2 heteroatoms. The molecule has 0 radical (unpaired) electrons. The quantitative estimate of drug-likeness (QED) is 0.189. The van der Waals surface area contributed by atoms with Crippen LogP contribution in [-0.4, -0.2) is 9.38 Å². The Morgan fingerprint density at radius 3 is 1.44 bits per heavy atom. The van der Waals surface area contributed by atoms with E-state index in [1.54, 1.807) is 0 Å². The highest BCUT2D eigenvalue weighted by Crippen LogP contribution is 2.44. The van der Waals surface area contributed by atoms with Crippen LogP contribution in [-0.2, 0) is 0 Å². The van der Waals surface area contributed by atoms with E-state index in [1.165, 1.54) is 10.9 Å². The number of hydrogen-bond donors (Lipinski definition) is 0. The fraction of sp³-hybridized carbons (Fsp3) is 0. The first-order valence-electron chi connectivity index (χ1n) is 15.0. The van der Waals surface area contributed by atoms with Gasteiger partial charge in [-0.05, 0) is 82.7 Å². The molecule has 2 heterocycles. The predicted octanol–water partition coefficient (Wildman–Crippen LogP) is 9.77. The predicted molar refractivity (Wildman–Crippen MR) is 186 cm³/mol. The van der Waals surface area contributed by atoms with Crippen LogP contribution in [0.3, 0.4) is 0 Å². The Balaban J connectivity index is 1.33. The summed E-state index contributed by atoms with van der Waals surface area (Å²) >= 11 is 0. The molecule has 0 aliphatic rings. The summed E-state index contributed by atoms with van der Waals surface area (Å²) in [5.74, 6) is 13.2. The second-order valence-corrected chi connectivity index (χ2v) is 10.9. The van der Waals surface area contributed by atoms with E-state index in [0.29, 0.717) is 0 Å². The summed E-state index contributed by atoms with van der Waals surface area (Å²) in [6, 6.07) is 52.2. The van der Waals surface area contributed by atoms with Gasteiger partial charge in [0.15, 0.2) is 0 Å². The number of pyridine rings is 1. The minimum atomic E-state index is 0.924. The minimum Gasteiger partial charge on any atom is -0.299 e. The topological polar surface area (TPSA) is 17.3 Å². The molecular weight excluding hydrogens is 544 g/mol. The Labute approximate surface area is 262 Å². The second-order valence-electron chi connectivity index (χ2n) is 10.9. The van der Waals surface area contributed by atoms with Crippen molar-refractivity contribution in [2.45, 2.75) is 0 Å². The van der Waals surface area contributed by atoms with Crippen molar-refractivity contribution in [3.8, 4) is 45.9 Å². The van der Waals surface area contributed by atoms with Crippen molar-refractivity contribution >= 4 is 27.5 Å². The molecule has 8 aromatic rings. The molecule has 0 N–H and O–H groups in total. The van der Waals surface area contributed by atoms with Crippen molar-refractivity contribution < 1.29 is 0 Å². The van der Waals surface area contributed by atoms with E-state index in [2.05, 4.69) is 119 Å². The zero-order valence-corrected chi connectivity index (χ0v) is 24.4. The minimum absolute atomic E-state index is 0.924. The van der Waals surface area contributed by atoms with Gasteiger partial charge in [-0.2, -0.15) is 0 Å². The first-order valence-corrected chi connectivity index (χ1v) is 15.0. The van der Waals surface area contributed by atoms with Crippen LogP contribution in [0, 0.1) is 23.7 Å². The molecule has 45 heavy (non-hydrogen) atoms. The number of nitrogens with zero attached hydrogens (tertiary/aromatic N) is 2. The van der Waals surface area contributed by atoms with Crippen molar-refractivity contribution in [1.82, 2.24) is 9.38 Å². The van der Waals surface area contributed by atoms with Gasteiger partial charge in [0, 0.05) is 39.4 Å². The molecule has 0 aliphatic heterocycles. The van der Waals surface area contributed by atoms with E-state index in [-0.39, 0.29) is 0 Å². The van der Waals surface area contributed by atoms with Gasteiger partial charge >= 0.3 is 0 Å². The van der Waals surface area contributed by atoms with Gasteiger partial charge < -0.3 is 0 Å². The van der Waals surface area contributed by atoms with Crippen LogP contribution in [0.4, 0.5) is 0 Å². The number of fused-ring (bicyclic) bond motifs is 5. The van der Waals surface area contributed by atoms with E-state index < -0.39 is 0 Å². The standard InChI is InChI=1S/C43H26N2/c1-3-11-31(12-4-1)18-20-33-22-26-35(27-23-33)40-37-15-7-8-16-38(37)42-43(45-30-10-9-17-39(45)44-42)41(40)36-28-24-34(25-29-36)21-19-32-13-5-2-6-14-32/h1-17,22-30H. The molecule has 0 atom stereocenters. The zero-order valence-electron chi connectivity index (χ0n) is 24.4. The maximum atomic E-state index is 5.13. The molecule has 0 fully saturated rings. The molecule has 0 amide bonds. The third kappa shape index (κ3) is 5.02. The lowest BCUT2D eigenvalue weighted by molar-refractivity contribution is 1.23. The van der Waals surface area contributed by atoms with Crippen LogP contribution in [0.25, 0.3) is 49.7 Å². The molecule has 208 valence electrons. The lowest BCUT2D eigenvalue weighted by atomic mass is 9.87. The van der Waals surface area contributed by atoms with Crippen molar-refractivity contribution in [1.29, 1.82) is 0 Å². The Bertz CT molecular complexity index is 2450. The average molecular weight is 571 g/mol. The molecule has 6 aromatic carbocycles. The number of rotatable bonds is 2. The van der Waals surface area contributed by atoms with Crippen LogP contribution in [0.1, 0.15) is 22.3 Å². The van der Waals surface area contributed by atoms with Crippen LogP contribution < -0.4 is 0 Å². The molecular formula is C43H26N2. The monoisotopic (exact) mass is 570 g/mol. The number of hydrogen-bond acceptors (Lipinski definition) is 1. The van der Waals surface area contributed by atoms with Crippen molar-refractivity contribution in [2.24, 2.45) is 0 Å². The van der Waals surface area contributed by atoms with Crippen LogP contribution in [0.15, 0.2) is 158 Å². The molecule has 2 aromatic heterocycles. The Hall–Kier alpha value is -6.35.